The van der Waals surface area contributed by atoms with Crippen LogP contribution < -0.4 is 0 Å². The fraction of sp³-hybridized carbons (Fsp3) is 0.370. The minimum Gasteiger partial charge on any atom is -0.456 e. The number of nitro groups is 1. The monoisotopic (exact) mass is 588 g/mol. The first-order valence-electron chi connectivity index (χ1n) is 12.5. The van der Waals surface area contributed by atoms with Gasteiger partial charge in [0.25, 0.3) is 5.69 Å². The molecule has 0 aromatic heterocycles. The van der Waals surface area contributed by atoms with Crippen molar-refractivity contribution in [2.75, 3.05) is 11.5 Å². The molecule has 1 fully saturated rings. The van der Waals surface area contributed by atoms with Crippen LogP contribution in [0.3, 0.4) is 0 Å². The molecular formula is C27H28N2O9S2. The Hall–Kier alpha value is -3.71. The second-order valence-electron chi connectivity index (χ2n) is 9.12. The first kappa shape index (κ1) is 29.3. The van der Waals surface area contributed by atoms with Crippen LogP contribution >= 0.6 is 11.8 Å². The minimum absolute atomic E-state index is 0.0221. The van der Waals surface area contributed by atoms with Gasteiger partial charge in [0.05, 0.1) is 21.5 Å². The standard InChI is InChI=1S/C27H28N2O9S2/c1-3-13-39-21-16-40(35)25-22(17(2)38-27(32)37-15-19-9-11-20(12-10-19)29(33)34)24(30)28(25)23(21)26(31)36-14-18-7-5-4-6-8-18/h4-12,17,22,25H,3,13-16H2,1-2H3/t17?,22-,25+,40?/m0/s1. The highest BCUT2D eigenvalue weighted by Crippen LogP contribution is 2.44. The summed E-state index contributed by atoms with van der Waals surface area (Å²) in [6, 6.07) is 14.6. The van der Waals surface area contributed by atoms with Gasteiger partial charge in [0.1, 0.15) is 36.3 Å². The van der Waals surface area contributed by atoms with Gasteiger partial charge in [-0.3, -0.25) is 24.0 Å². The van der Waals surface area contributed by atoms with Crippen LogP contribution in [-0.4, -0.2) is 55.0 Å². The Morgan fingerprint density at radius 2 is 1.75 bits per heavy atom. The van der Waals surface area contributed by atoms with Crippen molar-refractivity contribution < 1.29 is 37.7 Å². The van der Waals surface area contributed by atoms with E-state index in [9.17, 15) is 28.7 Å². The zero-order valence-corrected chi connectivity index (χ0v) is 23.5. The van der Waals surface area contributed by atoms with Gasteiger partial charge >= 0.3 is 12.1 Å². The van der Waals surface area contributed by atoms with Gasteiger partial charge in [-0.05, 0) is 42.4 Å². The molecular weight excluding hydrogens is 560 g/mol. The molecule has 212 valence electrons. The predicted molar refractivity (Wildman–Crippen MR) is 147 cm³/mol. The zero-order chi connectivity index (χ0) is 28.8. The molecule has 2 heterocycles. The van der Waals surface area contributed by atoms with Crippen molar-refractivity contribution in [3.63, 3.8) is 0 Å². The summed E-state index contributed by atoms with van der Waals surface area (Å²) in [5.41, 5.74) is 1.29. The summed E-state index contributed by atoms with van der Waals surface area (Å²) < 4.78 is 29.1. The number of nitro benzene ring substituents is 1. The van der Waals surface area contributed by atoms with Gasteiger partial charge in [-0.15, -0.1) is 11.8 Å². The number of ether oxygens (including phenoxy) is 3. The van der Waals surface area contributed by atoms with Crippen LogP contribution in [0.15, 0.2) is 65.2 Å². The van der Waals surface area contributed by atoms with Gasteiger partial charge in [0.15, 0.2) is 0 Å². The minimum atomic E-state index is -1.53. The largest absolute Gasteiger partial charge is 0.508 e. The van der Waals surface area contributed by atoms with Crippen LogP contribution in [0.4, 0.5) is 10.5 Å². The molecule has 0 radical (unpaired) electrons. The number of rotatable bonds is 11. The number of β-lactam (4-membered cyclic amide) rings is 1. The van der Waals surface area contributed by atoms with E-state index in [1.54, 1.807) is 0 Å². The lowest BCUT2D eigenvalue weighted by Gasteiger charge is -2.50. The molecule has 11 nitrogen and oxygen atoms in total. The van der Waals surface area contributed by atoms with Crippen molar-refractivity contribution in [3.8, 4) is 0 Å². The number of amides is 1. The lowest BCUT2D eigenvalue weighted by Crippen LogP contribution is -2.68. The summed E-state index contributed by atoms with van der Waals surface area (Å²) in [7, 11) is -1.53. The second-order valence-corrected chi connectivity index (χ2v) is 11.8. The van der Waals surface area contributed by atoms with Crippen molar-refractivity contribution in [1.29, 1.82) is 0 Å². The van der Waals surface area contributed by atoms with Crippen molar-refractivity contribution >= 4 is 46.3 Å². The van der Waals surface area contributed by atoms with E-state index < -0.39 is 51.2 Å². The average Bonchev–Trinajstić information content (AvgIpc) is 2.94. The molecule has 0 aliphatic carbocycles. The summed E-state index contributed by atoms with van der Waals surface area (Å²) in [6.07, 6.45) is -1.20. The molecule has 0 spiro atoms. The number of carbonyl (C=O) groups is 3. The van der Waals surface area contributed by atoms with Gasteiger partial charge in [-0.25, -0.2) is 9.59 Å². The average molecular weight is 589 g/mol. The molecule has 1 saturated heterocycles. The molecule has 2 aromatic rings. The number of hydrogen-bond acceptors (Lipinski definition) is 10. The van der Waals surface area contributed by atoms with Crippen LogP contribution in [0.2, 0.25) is 0 Å². The number of fused-ring (bicyclic) bond motifs is 1. The summed E-state index contributed by atoms with van der Waals surface area (Å²) in [4.78, 5) is 50.8. The van der Waals surface area contributed by atoms with E-state index in [2.05, 4.69) is 0 Å². The third kappa shape index (κ3) is 6.53. The van der Waals surface area contributed by atoms with Crippen molar-refractivity contribution in [3.05, 3.63) is 86.4 Å². The molecule has 0 N–H and O–H groups in total. The maximum atomic E-state index is 13.3. The van der Waals surface area contributed by atoms with E-state index in [1.807, 2.05) is 37.3 Å². The fourth-order valence-corrected chi connectivity index (χ4v) is 7.43. The Morgan fingerprint density at radius 3 is 2.40 bits per heavy atom. The van der Waals surface area contributed by atoms with Gasteiger partial charge < -0.3 is 14.2 Å². The van der Waals surface area contributed by atoms with Crippen molar-refractivity contribution in [2.24, 2.45) is 5.92 Å². The number of carbonyl (C=O) groups excluding carboxylic acids is 3. The number of thioether (sulfide) groups is 1. The molecule has 2 aliphatic rings. The summed E-state index contributed by atoms with van der Waals surface area (Å²) in [5.74, 6) is -1.33. The van der Waals surface area contributed by atoms with E-state index in [4.69, 9.17) is 14.2 Å². The highest BCUT2D eigenvalue weighted by atomic mass is 32.2. The van der Waals surface area contributed by atoms with E-state index >= 15 is 0 Å². The number of hydrogen-bond donors (Lipinski definition) is 0. The normalized spacial score (nSPS) is 20.7. The summed E-state index contributed by atoms with van der Waals surface area (Å²) in [5, 5.41) is 9.93. The first-order valence-corrected chi connectivity index (χ1v) is 14.9. The number of nitrogens with zero attached hydrogens (tertiary/aromatic N) is 2. The van der Waals surface area contributed by atoms with Crippen LogP contribution in [-0.2, 0) is 47.8 Å². The van der Waals surface area contributed by atoms with E-state index in [0.29, 0.717) is 16.2 Å². The van der Waals surface area contributed by atoms with E-state index in [-0.39, 0.29) is 30.4 Å². The van der Waals surface area contributed by atoms with Gasteiger partial charge in [-0.1, -0.05) is 37.3 Å². The fourth-order valence-electron chi connectivity index (χ4n) is 4.31. The van der Waals surface area contributed by atoms with Crippen LogP contribution in [0.1, 0.15) is 31.4 Å². The summed E-state index contributed by atoms with van der Waals surface area (Å²) >= 11 is 1.38. The molecule has 2 aromatic carbocycles. The maximum Gasteiger partial charge on any atom is 0.508 e. The Morgan fingerprint density at radius 1 is 1.10 bits per heavy atom. The molecule has 13 heteroatoms. The summed E-state index contributed by atoms with van der Waals surface area (Å²) in [6.45, 7) is 3.31. The third-order valence-electron chi connectivity index (χ3n) is 6.31. The lowest BCUT2D eigenvalue weighted by molar-refractivity contribution is -0.384. The van der Waals surface area contributed by atoms with Crippen molar-refractivity contribution in [1.82, 2.24) is 4.90 Å². The lowest BCUT2D eigenvalue weighted by atomic mass is 9.91. The SMILES string of the molecule is CCCSC1=C(C(=O)OCc2ccccc2)N2C(=O)[C@H](C(C)OC(=O)OCc3ccc([N+](=O)[O-])cc3)[C@H]2S(=O)C1. The highest BCUT2D eigenvalue weighted by molar-refractivity contribution is 8.04. The molecule has 0 saturated carbocycles. The van der Waals surface area contributed by atoms with E-state index in [0.717, 1.165) is 12.0 Å². The zero-order valence-electron chi connectivity index (χ0n) is 21.8. The smallest absolute Gasteiger partial charge is 0.456 e. The number of non-ortho nitro benzene ring substituents is 1. The third-order valence-corrected chi connectivity index (χ3v) is 9.41. The maximum absolute atomic E-state index is 13.3. The molecule has 40 heavy (non-hydrogen) atoms. The molecule has 2 unspecified atom stereocenters. The van der Waals surface area contributed by atoms with E-state index in [1.165, 1.54) is 47.9 Å². The van der Waals surface area contributed by atoms with Crippen molar-refractivity contribution in [2.45, 2.75) is 45.0 Å². The first-order chi connectivity index (χ1) is 19.2. The predicted octanol–water partition coefficient (Wildman–Crippen LogP) is 4.28. The highest BCUT2D eigenvalue weighted by Gasteiger charge is 2.59. The van der Waals surface area contributed by atoms with Gasteiger partial charge in [0, 0.05) is 17.0 Å². The Balaban J connectivity index is 1.42. The molecule has 4 atom stereocenters. The quantitative estimate of drug-likeness (QED) is 0.162. The Bertz CT molecular complexity index is 1330. The second kappa shape index (κ2) is 13.1. The van der Waals surface area contributed by atoms with Gasteiger partial charge in [-0.2, -0.15) is 0 Å². The number of benzene rings is 2. The molecule has 0 bridgehead atoms. The molecule has 2 aliphatic heterocycles. The topological polar surface area (TPSA) is 142 Å². The van der Waals surface area contributed by atoms with Crippen LogP contribution in [0, 0.1) is 16.0 Å². The van der Waals surface area contributed by atoms with Crippen LogP contribution in [0.25, 0.3) is 0 Å². The van der Waals surface area contributed by atoms with Gasteiger partial charge in [0.2, 0.25) is 5.91 Å². The Kier molecular flexibility index (Phi) is 9.58. The Labute approximate surface area is 237 Å². The molecule has 1 amide bonds. The number of esters is 1. The molecule has 4 rings (SSSR count). The van der Waals surface area contributed by atoms with Crippen LogP contribution in [0.5, 0.6) is 0 Å².